The van der Waals surface area contributed by atoms with Crippen molar-refractivity contribution >= 4 is 0 Å². The monoisotopic (exact) mass is 226 g/mol. The SMILES string of the molecule is CCCCCOc1cc([C@@H](C)O)ccc1F. The first kappa shape index (κ1) is 13.0. The largest absolute Gasteiger partial charge is 0.491 e. The highest BCUT2D eigenvalue weighted by molar-refractivity contribution is 5.31. The van der Waals surface area contributed by atoms with Crippen molar-refractivity contribution in [3.8, 4) is 5.75 Å². The topological polar surface area (TPSA) is 29.5 Å². The zero-order valence-corrected chi connectivity index (χ0v) is 9.87. The van der Waals surface area contributed by atoms with Crippen molar-refractivity contribution in [3.63, 3.8) is 0 Å². The molecule has 90 valence electrons. The first-order valence-corrected chi connectivity index (χ1v) is 5.75. The van der Waals surface area contributed by atoms with E-state index in [0.29, 0.717) is 12.2 Å². The summed E-state index contributed by atoms with van der Waals surface area (Å²) in [4.78, 5) is 0. The average Bonchev–Trinajstić information content (AvgIpc) is 2.26. The maximum Gasteiger partial charge on any atom is 0.165 e. The van der Waals surface area contributed by atoms with Gasteiger partial charge in [0.2, 0.25) is 0 Å². The van der Waals surface area contributed by atoms with E-state index in [1.54, 1.807) is 19.1 Å². The van der Waals surface area contributed by atoms with Crippen molar-refractivity contribution in [2.75, 3.05) is 6.61 Å². The van der Waals surface area contributed by atoms with Crippen molar-refractivity contribution in [1.29, 1.82) is 0 Å². The number of benzene rings is 1. The number of unbranched alkanes of at least 4 members (excludes halogenated alkanes) is 2. The molecule has 16 heavy (non-hydrogen) atoms. The van der Waals surface area contributed by atoms with Gasteiger partial charge in [0, 0.05) is 0 Å². The summed E-state index contributed by atoms with van der Waals surface area (Å²) in [6.45, 7) is 4.27. The minimum absolute atomic E-state index is 0.231. The van der Waals surface area contributed by atoms with Gasteiger partial charge in [0.05, 0.1) is 12.7 Å². The molecule has 2 nitrogen and oxygen atoms in total. The quantitative estimate of drug-likeness (QED) is 0.753. The second-order valence-electron chi connectivity index (χ2n) is 3.92. The van der Waals surface area contributed by atoms with E-state index in [1.165, 1.54) is 6.07 Å². The summed E-state index contributed by atoms with van der Waals surface area (Å²) in [5.74, 6) is -0.143. The van der Waals surface area contributed by atoms with Crippen LogP contribution in [0, 0.1) is 5.82 Å². The summed E-state index contributed by atoms with van der Waals surface area (Å²) in [6.07, 6.45) is 2.52. The maximum absolute atomic E-state index is 13.3. The second kappa shape index (κ2) is 6.48. The molecule has 1 atom stereocenters. The molecule has 1 rings (SSSR count). The van der Waals surface area contributed by atoms with Crippen LogP contribution in [0.25, 0.3) is 0 Å². The normalized spacial score (nSPS) is 12.5. The number of aliphatic hydroxyl groups excluding tert-OH is 1. The van der Waals surface area contributed by atoms with Gasteiger partial charge in [-0.1, -0.05) is 25.8 Å². The molecule has 1 aromatic carbocycles. The molecule has 0 radical (unpaired) electrons. The van der Waals surface area contributed by atoms with Gasteiger partial charge in [0.1, 0.15) is 0 Å². The zero-order chi connectivity index (χ0) is 12.0. The molecule has 0 aromatic heterocycles. The van der Waals surface area contributed by atoms with Crippen molar-refractivity contribution in [3.05, 3.63) is 29.6 Å². The van der Waals surface area contributed by atoms with E-state index in [1.807, 2.05) is 0 Å². The predicted octanol–water partition coefficient (Wildman–Crippen LogP) is 3.45. The summed E-state index contributed by atoms with van der Waals surface area (Å²) in [6, 6.07) is 4.46. The molecule has 0 aliphatic rings. The lowest BCUT2D eigenvalue weighted by molar-refractivity contribution is 0.198. The van der Waals surface area contributed by atoms with Gasteiger partial charge in [-0.25, -0.2) is 4.39 Å². The van der Waals surface area contributed by atoms with Gasteiger partial charge in [0.15, 0.2) is 11.6 Å². The molecule has 0 heterocycles. The summed E-state index contributed by atoms with van der Waals surface area (Å²) in [5, 5.41) is 9.37. The van der Waals surface area contributed by atoms with Gasteiger partial charge in [-0.2, -0.15) is 0 Å². The Hall–Kier alpha value is -1.09. The molecular formula is C13H19FO2. The first-order chi connectivity index (χ1) is 7.65. The smallest absolute Gasteiger partial charge is 0.165 e. The molecule has 0 aliphatic heterocycles. The van der Waals surface area contributed by atoms with Crippen LogP contribution < -0.4 is 4.74 Å². The zero-order valence-electron chi connectivity index (χ0n) is 9.87. The van der Waals surface area contributed by atoms with Gasteiger partial charge in [0.25, 0.3) is 0 Å². The van der Waals surface area contributed by atoms with E-state index < -0.39 is 6.10 Å². The van der Waals surface area contributed by atoms with E-state index in [-0.39, 0.29) is 11.6 Å². The third kappa shape index (κ3) is 3.81. The van der Waals surface area contributed by atoms with Crippen molar-refractivity contribution in [2.45, 2.75) is 39.2 Å². The summed E-state index contributed by atoms with van der Waals surface area (Å²) in [5.41, 5.74) is 0.673. The summed E-state index contributed by atoms with van der Waals surface area (Å²) >= 11 is 0. The highest BCUT2D eigenvalue weighted by atomic mass is 19.1. The average molecular weight is 226 g/mol. The Kier molecular flexibility index (Phi) is 5.26. The Morgan fingerprint density at radius 3 is 2.75 bits per heavy atom. The second-order valence-corrected chi connectivity index (χ2v) is 3.92. The Balaban J connectivity index is 2.60. The Labute approximate surface area is 96.1 Å². The molecule has 0 saturated carbocycles. The van der Waals surface area contributed by atoms with Crippen LogP contribution in [0.2, 0.25) is 0 Å². The van der Waals surface area contributed by atoms with Crippen LogP contribution in [-0.2, 0) is 0 Å². The molecular weight excluding hydrogens is 207 g/mol. The number of ether oxygens (including phenoxy) is 1. The summed E-state index contributed by atoms with van der Waals surface area (Å²) in [7, 11) is 0. The fraction of sp³-hybridized carbons (Fsp3) is 0.538. The minimum Gasteiger partial charge on any atom is -0.491 e. The molecule has 0 spiro atoms. The lowest BCUT2D eigenvalue weighted by Gasteiger charge is -2.10. The lowest BCUT2D eigenvalue weighted by atomic mass is 10.1. The fourth-order valence-electron chi connectivity index (χ4n) is 1.42. The van der Waals surface area contributed by atoms with Crippen molar-refractivity contribution in [1.82, 2.24) is 0 Å². The van der Waals surface area contributed by atoms with Gasteiger partial charge in [-0.15, -0.1) is 0 Å². The van der Waals surface area contributed by atoms with Crippen molar-refractivity contribution < 1.29 is 14.2 Å². The number of rotatable bonds is 6. The van der Waals surface area contributed by atoms with E-state index in [4.69, 9.17) is 4.74 Å². The predicted molar refractivity (Wildman–Crippen MR) is 62.1 cm³/mol. The van der Waals surface area contributed by atoms with Gasteiger partial charge in [-0.05, 0) is 31.0 Å². The van der Waals surface area contributed by atoms with E-state index in [2.05, 4.69) is 6.92 Å². The number of hydrogen-bond donors (Lipinski definition) is 1. The highest BCUT2D eigenvalue weighted by Gasteiger charge is 2.07. The van der Waals surface area contributed by atoms with E-state index in [0.717, 1.165) is 19.3 Å². The first-order valence-electron chi connectivity index (χ1n) is 5.75. The Morgan fingerprint density at radius 1 is 1.38 bits per heavy atom. The maximum atomic E-state index is 13.3. The van der Waals surface area contributed by atoms with Crippen LogP contribution in [-0.4, -0.2) is 11.7 Å². The molecule has 0 amide bonds. The van der Waals surface area contributed by atoms with Crippen molar-refractivity contribution in [2.24, 2.45) is 0 Å². The molecule has 1 N–H and O–H groups in total. The highest BCUT2D eigenvalue weighted by Crippen LogP contribution is 2.22. The fourth-order valence-corrected chi connectivity index (χ4v) is 1.42. The van der Waals surface area contributed by atoms with E-state index >= 15 is 0 Å². The van der Waals surface area contributed by atoms with Crippen LogP contribution in [0.1, 0.15) is 44.8 Å². The van der Waals surface area contributed by atoms with Crippen LogP contribution in [0.4, 0.5) is 4.39 Å². The Bertz CT molecular complexity index is 324. The minimum atomic E-state index is -0.599. The standard InChI is InChI=1S/C13H19FO2/c1-3-4-5-8-16-13-9-11(10(2)15)6-7-12(13)14/h6-7,9-10,15H,3-5,8H2,1-2H3/t10-/m1/s1. The molecule has 0 saturated heterocycles. The lowest BCUT2D eigenvalue weighted by Crippen LogP contribution is -2.01. The van der Waals surface area contributed by atoms with Crippen LogP contribution in [0.3, 0.4) is 0 Å². The van der Waals surface area contributed by atoms with Crippen LogP contribution in [0.15, 0.2) is 18.2 Å². The molecule has 0 fully saturated rings. The Morgan fingerprint density at radius 2 is 2.12 bits per heavy atom. The van der Waals surface area contributed by atoms with Crippen LogP contribution >= 0.6 is 0 Å². The number of aliphatic hydroxyl groups is 1. The van der Waals surface area contributed by atoms with Gasteiger partial charge >= 0.3 is 0 Å². The number of hydrogen-bond acceptors (Lipinski definition) is 2. The van der Waals surface area contributed by atoms with Crippen LogP contribution in [0.5, 0.6) is 5.75 Å². The molecule has 0 bridgehead atoms. The third-order valence-electron chi connectivity index (χ3n) is 2.44. The van der Waals surface area contributed by atoms with Gasteiger partial charge in [-0.3, -0.25) is 0 Å². The molecule has 1 aromatic rings. The summed E-state index contributed by atoms with van der Waals surface area (Å²) < 4.78 is 18.7. The molecule has 0 unspecified atom stereocenters. The molecule has 3 heteroatoms. The van der Waals surface area contributed by atoms with Gasteiger partial charge < -0.3 is 9.84 Å². The van der Waals surface area contributed by atoms with E-state index in [9.17, 15) is 9.50 Å². The third-order valence-corrected chi connectivity index (χ3v) is 2.44. The molecule has 0 aliphatic carbocycles. The number of halogens is 1.